The van der Waals surface area contributed by atoms with E-state index < -0.39 is 0 Å². The summed E-state index contributed by atoms with van der Waals surface area (Å²) < 4.78 is 6.32. The lowest BCUT2D eigenvalue weighted by Gasteiger charge is -1.99. The molecule has 1 N–H and O–H groups in total. The van der Waals surface area contributed by atoms with E-state index in [2.05, 4.69) is 38.0 Å². The second-order valence-electron chi connectivity index (χ2n) is 4.34. The van der Waals surface area contributed by atoms with Gasteiger partial charge in [-0.15, -0.1) is 0 Å². The van der Waals surface area contributed by atoms with Crippen LogP contribution >= 0.6 is 27.7 Å². The summed E-state index contributed by atoms with van der Waals surface area (Å²) >= 11 is 5.18. The standard InChI is InChI=1S/C15H13BrN2OS/c1-19-12-5-6-13-14(8-12)18-15(17-13)20-9-10-3-2-4-11(16)7-10/h2-8H,9H2,1H3,(H,17,18). The molecule has 3 rings (SSSR count). The number of nitrogens with zero attached hydrogens (tertiary/aromatic N) is 1. The summed E-state index contributed by atoms with van der Waals surface area (Å²) in [7, 11) is 1.67. The van der Waals surface area contributed by atoms with Crippen molar-refractivity contribution in [1.29, 1.82) is 0 Å². The molecule has 0 amide bonds. The largest absolute Gasteiger partial charge is 0.497 e. The highest BCUT2D eigenvalue weighted by atomic mass is 79.9. The summed E-state index contributed by atoms with van der Waals surface area (Å²) in [5.41, 5.74) is 3.23. The van der Waals surface area contributed by atoms with E-state index in [1.165, 1.54) is 5.56 Å². The van der Waals surface area contributed by atoms with Gasteiger partial charge in [0.25, 0.3) is 0 Å². The van der Waals surface area contributed by atoms with Crippen molar-refractivity contribution >= 4 is 38.7 Å². The molecule has 3 nitrogen and oxygen atoms in total. The smallest absolute Gasteiger partial charge is 0.166 e. The van der Waals surface area contributed by atoms with Crippen LogP contribution in [0.2, 0.25) is 0 Å². The third-order valence-electron chi connectivity index (χ3n) is 2.93. The third kappa shape index (κ3) is 2.99. The van der Waals surface area contributed by atoms with Crippen LogP contribution in [-0.2, 0) is 5.75 Å². The van der Waals surface area contributed by atoms with Crippen LogP contribution in [-0.4, -0.2) is 17.1 Å². The topological polar surface area (TPSA) is 37.9 Å². The molecule has 0 aliphatic rings. The van der Waals surface area contributed by atoms with Crippen LogP contribution in [0.15, 0.2) is 52.1 Å². The summed E-state index contributed by atoms with van der Waals surface area (Å²) in [6.45, 7) is 0. The highest BCUT2D eigenvalue weighted by Gasteiger charge is 2.05. The van der Waals surface area contributed by atoms with Crippen LogP contribution in [0.25, 0.3) is 11.0 Å². The molecular weight excluding hydrogens is 336 g/mol. The number of thioether (sulfide) groups is 1. The SMILES string of the molecule is COc1ccc2nc(SCc3cccc(Br)c3)[nH]c2c1. The number of halogens is 1. The lowest BCUT2D eigenvalue weighted by Crippen LogP contribution is -1.81. The molecule has 102 valence electrons. The zero-order valence-corrected chi connectivity index (χ0v) is 13.3. The van der Waals surface area contributed by atoms with Crippen molar-refractivity contribution in [3.05, 3.63) is 52.5 Å². The number of imidazole rings is 1. The zero-order valence-electron chi connectivity index (χ0n) is 10.9. The van der Waals surface area contributed by atoms with E-state index in [4.69, 9.17) is 4.74 Å². The van der Waals surface area contributed by atoms with E-state index in [1.807, 2.05) is 30.3 Å². The molecule has 5 heteroatoms. The summed E-state index contributed by atoms with van der Waals surface area (Å²) in [5.74, 6) is 1.72. The molecule has 0 saturated carbocycles. The van der Waals surface area contributed by atoms with E-state index in [0.717, 1.165) is 32.2 Å². The van der Waals surface area contributed by atoms with Gasteiger partial charge in [-0.1, -0.05) is 39.8 Å². The molecule has 1 heterocycles. The minimum Gasteiger partial charge on any atom is -0.497 e. The molecule has 1 aromatic heterocycles. The second-order valence-corrected chi connectivity index (χ2v) is 6.22. The van der Waals surface area contributed by atoms with Crippen LogP contribution in [0.1, 0.15) is 5.56 Å². The second kappa shape index (κ2) is 5.89. The molecule has 0 fully saturated rings. The van der Waals surface area contributed by atoms with Crippen molar-refractivity contribution in [3.63, 3.8) is 0 Å². The fourth-order valence-electron chi connectivity index (χ4n) is 1.94. The first-order chi connectivity index (χ1) is 9.74. The monoisotopic (exact) mass is 348 g/mol. The Hall–Kier alpha value is -1.46. The molecular formula is C15H13BrN2OS. The highest BCUT2D eigenvalue weighted by molar-refractivity contribution is 9.10. The first kappa shape index (κ1) is 13.5. The zero-order chi connectivity index (χ0) is 13.9. The molecule has 0 aliphatic carbocycles. The summed E-state index contributed by atoms with van der Waals surface area (Å²) in [4.78, 5) is 7.88. The van der Waals surface area contributed by atoms with Gasteiger partial charge in [-0.25, -0.2) is 4.98 Å². The van der Waals surface area contributed by atoms with Gasteiger partial charge < -0.3 is 9.72 Å². The van der Waals surface area contributed by atoms with Gasteiger partial charge in [-0.2, -0.15) is 0 Å². The fraction of sp³-hybridized carbons (Fsp3) is 0.133. The number of nitrogens with one attached hydrogen (secondary N) is 1. The van der Waals surface area contributed by atoms with Gasteiger partial charge in [-0.3, -0.25) is 0 Å². The number of hydrogen-bond donors (Lipinski definition) is 1. The van der Waals surface area contributed by atoms with Crippen molar-refractivity contribution in [1.82, 2.24) is 9.97 Å². The van der Waals surface area contributed by atoms with Crippen molar-refractivity contribution in [2.24, 2.45) is 0 Å². The van der Waals surface area contributed by atoms with Crippen molar-refractivity contribution in [2.75, 3.05) is 7.11 Å². The number of hydrogen-bond acceptors (Lipinski definition) is 3. The van der Waals surface area contributed by atoms with Gasteiger partial charge in [0, 0.05) is 16.3 Å². The number of benzene rings is 2. The average molecular weight is 349 g/mol. The lowest BCUT2D eigenvalue weighted by molar-refractivity contribution is 0.415. The van der Waals surface area contributed by atoms with Crippen molar-refractivity contribution in [2.45, 2.75) is 10.9 Å². The van der Waals surface area contributed by atoms with Crippen LogP contribution in [0.3, 0.4) is 0 Å². The van der Waals surface area contributed by atoms with E-state index in [0.29, 0.717) is 0 Å². The van der Waals surface area contributed by atoms with Crippen LogP contribution in [0.4, 0.5) is 0 Å². The molecule has 0 atom stereocenters. The average Bonchev–Trinajstić information content (AvgIpc) is 2.87. The number of aromatic amines is 1. The van der Waals surface area contributed by atoms with Crippen molar-refractivity contribution < 1.29 is 4.74 Å². The predicted molar refractivity (Wildman–Crippen MR) is 86.3 cm³/mol. The number of H-pyrrole nitrogens is 1. The first-order valence-electron chi connectivity index (χ1n) is 6.15. The molecule has 0 spiro atoms. The van der Waals surface area contributed by atoms with E-state index >= 15 is 0 Å². The molecule has 0 unspecified atom stereocenters. The number of aromatic nitrogens is 2. The highest BCUT2D eigenvalue weighted by Crippen LogP contribution is 2.26. The lowest BCUT2D eigenvalue weighted by atomic mass is 10.2. The maximum atomic E-state index is 5.21. The van der Waals surface area contributed by atoms with Crippen molar-refractivity contribution in [3.8, 4) is 5.75 Å². The Bertz CT molecular complexity index is 742. The third-order valence-corrected chi connectivity index (χ3v) is 4.37. The van der Waals surface area contributed by atoms with Crippen LogP contribution in [0, 0.1) is 0 Å². The van der Waals surface area contributed by atoms with Gasteiger partial charge in [0.1, 0.15) is 5.75 Å². The quantitative estimate of drug-likeness (QED) is 0.698. The molecule has 3 aromatic rings. The van der Waals surface area contributed by atoms with Crippen LogP contribution in [0.5, 0.6) is 5.75 Å². The Kier molecular flexibility index (Phi) is 3.98. The van der Waals surface area contributed by atoms with E-state index in [-0.39, 0.29) is 0 Å². The van der Waals surface area contributed by atoms with Gasteiger partial charge in [0.05, 0.1) is 18.1 Å². The minimum absolute atomic E-state index is 0.838. The Morgan fingerprint density at radius 1 is 1.25 bits per heavy atom. The van der Waals surface area contributed by atoms with Gasteiger partial charge in [0.15, 0.2) is 5.16 Å². The Morgan fingerprint density at radius 3 is 2.95 bits per heavy atom. The Balaban J connectivity index is 1.77. The van der Waals surface area contributed by atoms with Crippen LogP contribution < -0.4 is 4.74 Å². The summed E-state index contributed by atoms with van der Waals surface area (Å²) in [6, 6.07) is 14.2. The van der Waals surface area contributed by atoms with E-state index in [1.54, 1.807) is 18.9 Å². The molecule has 0 saturated heterocycles. The molecule has 2 aromatic carbocycles. The summed E-state index contributed by atoms with van der Waals surface area (Å²) in [6.07, 6.45) is 0. The Morgan fingerprint density at radius 2 is 2.15 bits per heavy atom. The number of methoxy groups -OCH3 is 1. The molecule has 0 aliphatic heterocycles. The number of ether oxygens (including phenoxy) is 1. The normalized spacial score (nSPS) is 10.9. The minimum atomic E-state index is 0.838. The first-order valence-corrected chi connectivity index (χ1v) is 7.93. The number of rotatable bonds is 4. The van der Waals surface area contributed by atoms with Gasteiger partial charge in [-0.05, 0) is 29.8 Å². The molecule has 0 radical (unpaired) electrons. The predicted octanol–water partition coefficient (Wildman–Crippen LogP) is 4.63. The van der Waals surface area contributed by atoms with Gasteiger partial charge in [0.2, 0.25) is 0 Å². The number of fused-ring (bicyclic) bond motifs is 1. The maximum Gasteiger partial charge on any atom is 0.166 e. The molecule has 20 heavy (non-hydrogen) atoms. The maximum absolute atomic E-state index is 5.21. The van der Waals surface area contributed by atoms with Gasteiger partial charge >= 0.3 is 0 Å². The summed E-state index contributed by atoms with van der Waals surface area (Å²) in [5, 5.41) is 0.924. The fourth-order valence-corrected chi connectivity index (χ4v) is 3.21. The van der Waals surface area contributed by atoms with E-state index in [9.17, 15) is 0 Å². The molecule has 0 bridgehead atoms. The Labute approximate surface area is 129 Å².